The zero-order chi connectivity index (χ0) is 14.1. The number of nitrogens with zero attached hydrogens (tertiary/aromatic N) is 2. The van der Waals surface area contributed by atoms with E-state index in [1.54, 1.807) is 35.1 Å². The average Bonchev–Trinajstić information content (AvgIpc) is 2.81. The van der Waals surface area contributed by atoms with Crippen molar-refractivity contribution >= 4 is 17.3 Å². The maximum atomic E-state index is 13.2. The van der Waals surface area contributed by atoms with Crippen molar-refractivity contribution in [1.82, 2.24) is 9.78 Å². The van der Waals surface area contributed by atoms with E-state index < -0.39 is 0 Å². The van der Waals surface area contributed by atoms with Crippen LogP contribution < -0.4 is 5.73 Å². The van der Waals surface area contributed by atoms with Gasteiger partial charge in [0.05, 0.1) is 17.6 Å². The van der Waals surface area contributed by atoms with Gasteiger partial charge >= 0.3 is 0 Å². The lowest BCUT2D eigenvalue weighted by atomic mass is 10.1. The molecule has 0 saturated heterocycles. The molecule has 0 saturated carbocycles. The van der Waals surface area contributed by atoms with E-state index in [0.717, 1.165) is 5.56 Å². The Morgan fingerprint density at radius 3 is 2.65 bits per heavy atom. The molecule has 0 radical (unpaired) electrons. The molecule has 1 aromatic heterocycles. The number of anilines is 1. The Bertz CT molecular complexity index is 767. The molecule has 0 atom stereocenters. The lowest BCUT2D eigenvalue weighted by Crippen LogP contribution is -1.95. The number of aromatic nitrogens is 2. The van der Waals surface area contributed by atoms with Crippen LogP contribution in [0.25, 0.3) is 16.9 Å². The lowest BCUT2D eigenvalue weighted by molar-refractivity contribution is 0.625. The molecule has 20 heavy (non-hydrogen) atoms. The fraction of sp³-hybridized carbons (Fsp3) is 0. The van der Waals surface area contributed by atoms with Gasteiger partial charge in [0.2, 0.25) is 0 Å². The number of rotatable bonds is 2. The zero-order valence-corrected chi connectivity index (χ0v) is 11.2. The van der Waals surface area contributed by atoms with E-state index >= 15 is 0 Å². The molecule has 2 N–H and O–H groups in total. The van der Waals surface area contributed by atoms with Crippen LogP contribution in [0, 0.1) is 5.82 Å². The van der Waals surface area contributed by atoms with Crippen LogP contribution in [-0.4, -0.2) is 9.78 Å². The van der Waals surface area contributed by atoms with Crippen molar-refractivity contribution in [2.24, 2.45) is 0 Å². The summed E-state index contributed by atoms with van der Waals surface area (Å²) in [6.07, 6.45) is 1.66. The third-order valence-corrected chi connectivity index (χ3v) is 3.15. The van der Waals surface area contributed by atoms with Crippen LogP contribution in [0.15, 0.2) is 54.7 Å². The summed E-state index contributed by atoms with van der Waals surface area (Å²) in [4.78, 5) is 0. The summed E-state index contributed by atoms with van der Waals surface area (Å²) >= 11 is 5.97. The van der Waals surface area contributed by atoms with Crippen LogP contribution in [0.1, 0.15) is 0 Å². The van der Waals surface area contributed by atoms with Gasteiger partial charge in [-0.25, -0.2) is 9.07 Å². The lowest BCUT2D eigenvalue weighted by Gasteiger charge is -2.01. The Morgan fingerprint density at radius 2 is 1.90 bits per heavy atom. The summed E-state index contributed by atoms with van der Waals surface area (Å²) in [5.74, 6) is -0.319. The van der Waals surface area contributed by atoms with Crippen LogP contribution in [0.4, 0.5) is 10.1 Å². The molecule has 5 heteroatoms. The van der Waals surface area contributed by atoms with E-state index in [2.05, 4.69) is 5.10 Å². The van der Waals surface area contributed by atoms with Gasteiger partial charge in [0.25, 0.3) is 0 Å². The van der Waals surface area contributed by atoms with E-state index in [9.17, 15) is 4.39 Å². The topological polar surface area (TPSA) is 43.8 Å². The molecule has 0 unspecified atom stereocenters. The molecular weight excluding hydrogens is 277 g/mol. The smallest absolute Gasteiger partial charge is 0.125 e. The van der Waals surface area contributed by atoms with Crippen molar-refractivity contribution in [1.29, 1.82) is 0 Å². The highest BCUT2D eigenvalue weighted by molar-refractivity contribution is 6.30. The zero-order valence-electron chi connectivity index (χ0n) is 10.4. The van der Waals surface area contributed by atoms with Gasteiger partial charge in [-0.3, -0.25) is 0 Å². The molecule has 3 nitrogen and oxygen atoms in total. The Hall–Kier alpha value is -2.33. The second-order valence-electron chi connectivity index (χ2n) is 4.37. The van der Waals surface area contributed by atoms with Gasteiger partial charge in [-0.2, -0.15) is 5.10 Å². The Morgan fingerprint density at radius 1 is 1.10 bits per heavy atom. The highest BCUT2D eigenvalue weighted by atomic mass is 35.5. The van der Waals surface area contributed by atoms with Gasteiger partial charge in [0.15, 0.2) is 0 Å². The molecule has 100 valence electrons. The molecule has 0 bridgehead atoms. The average molecular weight is 288 g/mol. The van der Waals surface area contributed by atoms with Crippen LogP contribution in [0.5, 0.6) is 0 Å². The summed E-state index contributed by atoms with van der Waals surface area (Å²) in [6, 6.07) is 13.4. The number of nitrogen functional groups attached to an aromatic ring is 1. The van der Waals surface area contributed by atoms with Gasteiger partial charge in [-0.05, 0) is 30.3 Å². The van der Waals surface area contributed by atoms with Gasteiger partial charge in [-0.15, -0.1) is 0 Å². The molecule has 0 aliphatic carbocycles. The van der Waals surface area contributed by atoms with Crippen molar-refractivity contribution in [3.63, 3.8) is 0 Å². The molecule has 2 aromatic carbocycles. The predicted molar refractivity (Wildman–Crippen MR) is 78.4 cm³/mol. The van der Waals surface area contributed by atoms with E-state index in [4.69, 9.17) is 17.3 Å². The normalized spacial score (nSPS) is 10.7. The minimum absolute atomic E-state index is 0.319. The third kappa shape index (κ3) is 2.38. The summed E-state index contributed by atoms with van der Waals surface area (Å²) in [6.45, 7) is 0. The number of hydrogen-bond acceptors (Lipinski definition) is 2. The Labute approximate surface area is 120 Å². The minimum atomic E-state index is -0.319. The number of nitrogens with two attached hydrogens (primary N) is 1. The first-order chi connectivity index (χ1) is 9.63. The Balaban J connectivity index is 2.08. The third-order valence-electron chi connectivity index (χ3n) is 2.91. The second-order valence-corrected chi connectivity index (χ2v) is 4.80. The highest BCUT2D eigenvalue weighted by Gasteiger charge is 2.10. The second kappa shape index (κ2) is 4.98. The molecule has 1 heterocycles. The summed E-state index contributed by atoms with van der Waals surface area (Å²) in [5.41, 5.74) is 8.55. The molecule has 0 amide bonds. The molecule has 3 rings (SSSR count). The van der Waals surface area contributed by atoms with Crippen molar-refractivity contribution in [3.05, 3.63) is 65.6 Å². The van der Waals surface area contributed by atoms with Gasteiger partial charge in [-0.1, -0.05) is 29.8 Å². The van der Waals surface area contributed by atoms with Crippen molar-refractivity contribution < 1.29 is 4.39 Å². The molecule has 0 aliphatic rings. The first kappa shape index (κ1) is 12.7. The van der Waals surface area contributed by atoms with Crippen LogP contribution in [-0.2, 0) is 0 Å². The quantitative estimate of drug-likeness (QED) is 0.776. The number of hydrogen-bond donors (Lipinski definition) is 1. The first-order valence-corrected chi connectivity index (χ1v) is 6.38. The molecule has 0 fully saturated rings. The summed E-state index contributed by atoms with van der Waals surface area (Å²) in [5, 5.41) is 5.01. The van der Waals surface area contributed by atoms with E-state index in [-0.39, 0.29) is 5.82 Å². The van der Waals surface area contributed by atoms with Gasteiger partial charge in [0.1, 0.15) is 11.5 Å². The van der Waals surface area contributed by atoms with Crippen molar-refractivity contribution in [3.8, 4) is 16.9 Å². The fourth-order valence-electron chi connectivity index (χ4n) is 2.00. The molecular formula is C15H11ClFN3. The van der Waals surface area contributed by atoms with Crippen LogP contribution >= 0.6 is 11.6 Å². The summed E-state index contributed by atoms with van der Waals surface area (Å²) < 4.78 is 14.8. The molecule has 3 aromatic rings. The monoisotopic (exact) mass is 287 g/mol. The molecule has 0 aliphatic heterocycles. The predicted octanol–water partition coefficient (Wildman–Crippen LogP) is 3.91. The van der Waals surface area contributed by atoms with Gasteiger partial charge < -0.3 is 5.73 Å². The van der Waals surface area contributed by atoms with E-state index in [1.807, 2.05) is 12.1 Å². The van der Waals surface area contributed by atoms with Crippen molar-refractivity contribution in [2.45, 2.75) is 0 Å². The summed E-state index contributed by atoms with van der Waals surface area (Å²) in [7, 11) is 0. The maximum Gasteiger partial charge on any atom is 0.125 e. The SMILES string of the molecule is Nc1cn(-c2cccc(F)c2)nc1-c1cccc(Cl)c1. The molecule has 0 spiro atoms. The fourth-order valence-corrected chi connectivity index (χ4v) is 2.19. The van der Waals surface area contributed by atoms with E-state index in [1.165, 1.54) is 12.1 Å². The maximum absolute atomic E-state index is 13.2. The number of halogens is 2. The van der Waals surface area contributed by atoms with Crippen LogP contribution in [0.3, 0.4) is 0 Å². The van der Waals surface area contributed by atoms with Crippen LogP contribution in [0.2, 0.25) is 5.02 Å². The van der Waals surface area contributed by atoms with Gasteiger partial charge in [0, 0.05) is 10.6 Å². The number of benzene rings is 2. The van der Waals surface area contributed by atoms with Crippen molar-refractivity contribution in [2.75, 3.05) is 5.73 Å². The Kier molecular flexibility index (Phi) is 3.16. The van der Waals surface area contributed by atoms with E-state index in [0.29, 0.717) is 22.1 Å². The minimum Gasteiger partial charge on any atom is -0.396 e. The highest BCUT2D eigenvalue weighted by Crippen LogP contribution is 2.27. The first-order valence-electron chi connectivity index (χ1n) is 6.00. The largest absolute Gasteiger partial charge is 0.396 e. The standard InChI is InChI=1S/C15H11ClFN3/c16-11-4-1-3-10(7-11)15-14(18)9-20(19-15)13-6-2-5-12(17)8-13/h1-9H,18H2.